The molecule has 4 heterocycles. The molecule has 8 nitrogen and oxygen atoms in total. The molecule has 6 rings (SSSR count). The van der Waals surface area contributed by atoms with Gasteiger partial charge >= 0.3 is 0 Å². The van der Waals surface area contributed by atoms with Crippen molar-refractivity contribution in [2.45, 2.75) is 57.1 Å². The number of aryl methyl sites for hydroxylation is 2. The number of carbonyl (C=O) groups excluding carboxylic acids is 1. The van der Waals surface area contributed by atoms with E-state index in [2.05, 4.69) is 45.2 Å². The molecule has 3 aliphatic heterocycles. The van der Waals surface area contributed by atoms with E-state index in [9.17, 15) is 13.2 Å². The number of likely N-dealkylation sites (tertiary alicyclic amines) is 2. The van der Waals surface area contributed by atoms with Crippen LogP contribution >= 0.6 is 0 Å². The molecule has 3 unspecified atom stereocenters. The number of fused-ring (bicyclic) bond motifs is 1. The van der Waals surface area contributed by atoms with E-state index in [0.29, 0.717) is 42.3 Å². The van der Waals surface area contributed by atoms with Crippen molar-refractivity contribution in [3.8, 4) is 0 Å². The molecule has 1 aromatic heterocycles. The number of rotatable bonds is 8. The monoisotopic (exact) mass is 551 g/mol. The van der Waals surface area contributed by atoms with E-state index in [1.54, 1.807) is 4.31 Å². The Labute approximate surface area is 232 Å². The van der Waals surface area contributed by atoms with Crippen LogP contribution in [0.5, 0.6) is 0 Å². The van der Waals surface area contributed by atoms with Crippen LogP contribution in [0.25, 0.3) is 0 Å². The Morgan fingerprint density at radius 3 is 2.15 bits per heavy atom. The quantitative estimate of drug-likeness (QED) is 0.499. The third-order valence-electron chi connectivity index (χ3n) is 9.80. The van der Waals surface area contributed by atoms with Crippen LogP contribution in [0.15, 0.2) is 36.7 Å². The average molecular weight is 552 g/mol. The Bertz CT molecular complexity index is 1260. The van der Waals surface area contributed by atoms with E-state index in [1.807, 2.05) is 18.7 Å². The molecule has 3 atom stereocenters. The lowest BCUT2D eigenvalue weighted by atomic mass is 9.80. The van der Waals surface area contributed by atoms with Gasteiger partial charge in [0.15, 0.2) is 0 Å². The molecule has 2 aromatic rings. The Kier molecular flexibility index (Phi) is 7.50. The lowest BCUT2D eigenvalue weighted by Gasteiger charge is -2.44. The van der Waals surface area contributed by atoms with Crippen LogP contribution in [0.3, 0.4) is 0 Å². The molecule has 0 radical (unpaired) electrons. The lowest BCUT2D eigenvalue weighted by Crippen LogP contribution is -2.54. The number of aromatic nitrogens is 2. The Morgan fingerprint density at radius 2 is 1.54 bits per heavy atom. The normalized spacial score (nSPS) is 25.6. The number of hydrogen-bond acceptors (Lipinski definition) is 6. The molecule has 9 heteroatoms. The summed E-state index contributed by atoms with van der Waals surface area (Å²) in [5, 5.41) is -0.161. The zero-order valence-electron chi connectivity index (χ0n) is 23.2. The molecule has 0 N–H and O–H groups in total. The largest absolute Gasteiger partial charge is 0.338 e. The fourth-order valence-electron chi connectivity index (χ4n) is 7.52. The first-order valence-electron chi connectivity index (χ1n) is 14.6. The number of amides is 1. The third kappa shape index (κ3) is 5.25. The predicted molar refractivity (Wildman–Crippen MR) is 151 cm³/mol. The van der Waals surface area contributed by atoms with Gasteiger partial charge in [-0.15, -0.1) is 0 Å². The SMILES string of the molecule is Cc1ncnc(C)c1C(=O)N1CC2CN(CCC(c3ccccc3)C3CN(S(=O)(=O)C4CCCC4)C3)CC2C1. The summed E-state index contributed by atoms with van der Waals surface area (Å²) in [7, 11) is -3.15. The first-order chi connectivity index (χ1) is 18.8. The zero-order valence-corrected chi connectivity index (χ0v) is 24.0. The molecule has 0 spiro atoms. The van der Waals surface area contributed by atoms with E-state index < -0.39 is 10.0 Å². The summed E-state index contributed by atoms with van der Waals surface area (Å²) in [6, 6.07) is 10.7. The summed E-state index contributed by atoms with van der Waals surface area (Å²) >= 11 is 0. The summed E-state index contributed by atoms with van der Waals surface area (Å²) in [5.41, 5.74) is 3.49. The van der Waals surface area contributed by atoms with Crippen LogP contribution in [0.2, 0.25) is 0 Å². The highest BCUT2D eigenvalue weighted by Crippen LogP contribution is 2.40. The third-order valence-corrected chi connectivity index (χ3v) is 12.1. The van der Waals surface area contributed by atoms with Gasteiger partial charge in [0.2, 0.25) is 10.0 Å². The smallest absolute Gasteiger partial charge is 0.257 e. The molecule has 1 aromatic carbocycles. The fourth-order valence-corrected chi connectivity index (χ4v) is 9.67. The van der Waals surface area contributed by atoms with Gasteiger partial charge in [0.05, 0.1) is 22.2 Å². The molecular weight excluding hydrogens is 510 g/mol. The van der Waals surface area contributed by atoms with Crippen LogP contribution in [0, 0.1) is 31.6 Å². The van der Waals surface area contributed by atoms with E-state index in [0.717, 1.165) is 76.2 Å². The maximum absolute atomic E-state index is 13.3. The number of carbonyl (C=O) groups is 1. The molecule has 1 saturated carbocycles. The van der Waals surface area contributed by atoms with Gasteiger partial charge in [-0.2, -0.15) is 0 Å². The summed E-state index contributed by atoms with van der Waals surface area (Å²) in [6.45, 7) is 9.73. The molecule has 4 fully saturated rings. The van der Waals surface area contributed by atoms with Crippen LogP contribution in [-0.2, 0) is 10.0 Å². The Morgan fingerprint density at radius 1 is 0.923 bits per heavy atom. The molecule has 0 bridgehead atoms. The van der Waals surface area contributed by atoms with Crippen LogP contribution < -0.4 is 0 Å². The molecule has 3 saturated heterocycles. The van der Waals surface area contributed by atoms with Gasteiger partial charge in [0.25, 0.3) is 5.91 Å². The summed E-state index contributed by atoms with van der Waals surface area (Å²) < 4.78 is 27.9. The van der Waals surface area contributed by atoms with Gasteiger partial charge < -0.3 is 9.80 Å². The highest BCUT2D eigenvalue weighted by molar-refractivity contribution is 7.89. The van der Waals surface area contributed by atoms with Gasteiger partial charge in [0.1, 0.15) is 6.33 Å². The molecule has 210 valence electrons. The number of benzene rings is 1. The zero-order chi connectivity index (χ0) is 27.1. The minimum atomic E-state index is -3.15. The van der Waals surface area contributed by atoms with Crippen LogP contribution in [0.1, 0.15) is 65.3 Å². The highest BCUT2D eigenvalue weighted by Gasteiger charge is 2.45. The molecule has 1 aliphatic carbocycles. The maximum Gasteiger partial charge on any atom is 0.257 e. The summed E-state index contributed by atoms with van der Waals surface area (Å²) in [5.74, 6) is 1.81. The van der Waals surface area contributed by atoms with Crippen molar-refractivity contribution in [3.63, 3.8) is 0 Å². The second-order valence-corrected chi connectivity index (χ2v) is 14.5. The first-order valence-corrected chi connectivity index (χ1v) is 16.2. The van der Waals surface area contributed by atoms with Crippen LogP contribution in [-0.4, -0.2) is 89.5 Å². The second kappa shape index (κ2) is 10.9. The lowest BCUT2D eigenvalue weighted by molar-refractivity contribution is 0.0770. The molecule has 4 aliphatic rings. The summed E-state index contributed by atoms with van der Waals surface area (Å²) in [4.78, 5) is 26.3. The standard InChI is InChI=1S/C30H41N5O3S/c1-21-29(22(2)32-20-31-21)30(36)34-16-24-14-33(15-25(24)17-34)13-12-28(23-8-4-3-5-9-23)26-18-35(19-26)39(37,38)27-10-6-7-11-27/h3-5,8-9,20,24-28H,6-7,10-19H2,1-2H3. The number of hydrogen-bond donors (Lipinski definition) is 0. The van der Waals surface area contributed by atoms with E-state index in [1.165, 1.54) is 11.9 Å². The highest BCUT2D eigenvalue weighted by atomic mass is 32.2. The first kappa shape index (κ1) is 26.8. The number of nitrogens with zero attached hydrogens (tertiary/aromatic N) is 5. The summed E-state index contributed by atoms with van der Waals surface area (Å²) in [6.07, 6.45) is 6.29. The van der Waals surface area contributed by atoms with Crippen molar-refractivity contribution in [3.05, 3.63) is 59.2 Å². The van der Waals surface area contributed by atoms with Crippen molar-refractivity contribution < 1.29 is 13.2 Å². The van der Waals surface area contributed by atoms with Crippen molar-refractivity contribution >= 4 is 15.9 Å². The average Bonchev–Trinajstić information content (AvgIpc) is 3.63. The minimum absolute atomic E-state index is 0.0674. The van der Waals surface area contributed by atoms with E-state index in [4.69, 9.17) is 0 Å². The second-order valence-electron chi connectivity index (χ2n) is 12.2. The Balaban J connectivity index is 1.05. The molecule has 39 heavy (non-hydrogen) atoms. The van der Waals surface area contributed by atoms with Crippen molar-refractivity contribution in [1.82, 2.24) is 24.1 Å². The number of sulfonamides is 1. The van der Waals surface area contributed by atoms with E-state index >= 15 is 0 Å². The van der Waals surface area contributed by atoms with Crippen LogP contribution in [0.4, 0.5) is 0 Å². The van der Waals surface area contributed by atoms with Gasteiger partial charge in [-0.3, -0.25) is 4.79 Å². The fraction of sp³-hybridized carbons (Fsp3) is 0.633. The molecule has 1 amide bonds. The van der Waals surface area contributed by atoms with Gasteiger partial charge in [-0.25, -0.2) is 22.7 Å². The Hall–Kier alpha value is -2.36. The van der Waals surface area contributed by atoms with Gasteiger partial charge in [-0.1, -0.05) is 43.2 Å². The van der Waals surface area contributed by atoms with Gasteiger partial charge in [0, 0.05) is 39.3 Å². The van der Waals surface area contributed by atoms with Crippen molar-refractivity contribution in [1.29, 1.82) is 0 Å². The topological polar surface area (TPSA) is 86.7 Å². The predicted octanol–water partition coefficient (Wildman–Crippen LogP) is 3.48. The van der Waals surface area contributed by atoms with E-state index in [-0.39, 0.29) is 11.2 Å². The molecular formula is C30H41N5O3S. The minimum Gasteiger partial charge on any atom is -0.338 e. The van der Waals surface area contributed by atoms with Crippen molar-refractivity contribution in [2.75, 3.05) is 45.8 Å². The maximum atomic E-state index is 13.3. The van der Waals surface area contributed by atoms with Gasteiger partial charge in [-0.05, 0) is 68.9 Å². The van der Waals surface area contributed by atoms with Crippen molar-refractivity contribution in [2.24, 2.45) is 17.8 Å².